The fourth-order valence-electron chi connectivity index (χ4n) is 2.33. The van der Waals surface area contributed by atoms with Crippen LogP contribution in [0.3, 0.4) is 0 Å². The molecule has 1 fully saturated rings. The third kappa shape index (κ3) is 5.99. The Bertz CT molecular complexity index is 401. The molecule has 0 saturated carbocycles. The molecule has 0 spiro atoms. The summed E-state index contributed by atoms with van der Waals surface area (Å²) in [6, 6.07) is -1.39. The number of carbonyl (C=O) groups is 3. The third-order valence-corrected chi connectivity index (χ3v) is 3.79. The molecule has 21 heavy (non-hydrogen) atoms. The van der Waals surface area contributed by atoms with Crippen LogP contribution in [0.25, 0.3) is 0 Å². The van der Waals surface area contributed by atoms with Crippen molar-refractivity contribution in [2.75, 3.05) is 13.6 Å². The van der Waals surface area contributed by atoms with Crippen LogP contribution in [-0.2, 0) is 9.59 Å². The number of likely N-dealkylation sites (tertiary alicyclic amines) is 1. The van der Waals surface area contributed by atoms with Gasteiger partial charge in [-0.15, -0.1) is 0 Å². The van der Waals surface area contributed by atoms with Gasteiger partial charge >= 0.3 is 18.0 Å². The van der Waals surface area contributed by atoms with Gasteiger partial charge in [-0.3, -0.25) is 4.79 Å². The van der Waals surface area contributed by atoms with Crippen LogP contribution in [-0.4, -0.2) is 64.8 Å². The van der Waals surface area contributed by atoms with Crippen molar-refractivity contribution in [3.63, 3.8) is 0 Å². The Morgan fingerprint density at radius 3 is 2.52 bits per heavy atom. The minimum absolute atomic E-state index is 0.00474. The molecular weight excluding hydrogens is 278 g/mol. The number of hydrogen-bond donors (Lipinski definition) is 4. The quantitative estimate of drug-likeness (QED) is 0.552. The molecule has 1 saturated heterocycles. The molecule has 0 aromatic heterocycles. The zero-order chi connectivity index (χ0) is 16.0. The number of carbonyl (C=O) groups excluding carboxylic acids is 1. The predicted molar refractivity (Wildman–Crippen MR) is 75.1 cm³/mol. The lowest BCUT2D eigenvalue weighted by Crippen LogP contribution is -2.52. The second-order valence-corrected chi connectivity index (χ2v) is 5.49. The minimum atomic E-state index is -1.23. The van der Waals surface area contributed by atoms with Gasteiger partial charge in [0.15, 0.2) is 0 Å². The second-order valence-electron chi connectivity index (χ2n) is 5.49. The Morgan fingerprint density at radius 2 is 2.00 bits per heavy atom. The summed E-state index contributed by atoms with van der Waals surface area (Å²) in [7, 11) is 2.02. The third-order valence-electron chi connectivity index (χ3n) is 3.79. The SMILES string of the molecule is CC1CC(NC(=O)NC(CCC(=O)O)C(=O)O)CCN1C. The van der Waals surface area contributed by atoms with Crippen molar-refractivity contribution < 1.29 is 24.6 Å². The Labute approximate surface area is 123 Å². The van der Waals surface area contributed by atoms with Crippen molar-refractivity contribution in [2.24, 2.45) is 0 Å². The van der Waals surface area contributed by atoms with Crippen LogP contribution in [0.4, 0.5) is 4.79 Å². The average molecular weight is 301 g/mol. The maximum atomic E-state index is 11.8. The summed E-state index contributed by atoms with van der Waals surface area (Å²) < 4.78 is 0. The van der Waals surface area contributed by atoms with Crippen molar-refractivity contribution >= 4 is 18.0 Å². The number of amides is 2. The molecule has 8 nitrogen and oxygen atoms in total. The monoisotopic (exact) mass is 301 g/mol. The molecule has 1 rings (SSSR count). The fraction of sp³-hybridized carbons (Fsp3) is 0.769. The Morgan fingerprint density at radius 1 is 1.33 bits per heavy atom. The van der Waals surface area contributed by atoms with E-state index in [4.69, 9.17) is 10.2 Å². The molecular formula is C13H23N3O5. The highest BCUT2D eigenvalue weighted by Crippen LogP contribution is 2.15. The highest BCUT2D eigenvalue weighted by Gasteiger charge is 2.26. The molecule has 1 heterocycles. The molecule has 120 valence electrons. The summed E-state index contributed by atoms with van der Waals surface area (Å²) in [5.41, 5.74) is 0. The zero-order valence-corrected chi connectivity index (χ0v) is 12.3. The van der Waals surface area contributed by atoms with Gasteiger partial charge in [0, 0.05) is 25.0 Å². The van der Waals surface area contributed by atoms with Gasteiger partial charge in [0.1, 0.15) is 6.04 Å². The van der Waals surface area contributed by atoms with Crippen LogP contribution < -0.4 is 10.6 Å². The van der Waals surface area contributed by atoms with E-state index < -0.39 is 24.0 Å². The summed E-state index contributed by atoms with van der Waals surface area (Å²) in [6.45, 7) is 2.94. The maximum Gasteiger partial charge on any atom is 0.326 e. The summed E-state index contributed by atoms with van der Waals surface area (Å²) in [6.07, 6.45) is 1.17. The van der Waals surface area contributed by atoms with Gasteiger partial charge in [-0.2, -0.15) is 0 Å². The second kappa shape index (κ2) is 7.82. The Kier molecular flexibility index (Phi) is 6.41. The highest BCUT2D eigenvalue weighted by atomic mass is 16.4. The molecule has 3 atom stereocenters. The van der Waals surface area contributed by atoms with Crippen molar-refractivity contribution in [3.05, 3.63) is 0 Å². The van der Waals surface area contributed by atoms with E-state index >= 15 is 0 Å². The number of nitrogens with zero attached hydrogens (tertiary/aromatic N) is 1. The number of piperidine rings is 1. The first-order valence-corrected chi connectivity index (χ1v) is 7.01. The van der Waals surface area contributed by atoms with Gasteiger partial charge in [-0.25, -0.2) is 9.59 Å². The Balaban J connectivity index is 2.43. The standard InChI is InChI=1S/C13H23N3O5/c1-8-7-9(5-6-16(8)2)14-13(21)15-10(12(19)20)3-4-11(17)18/h8-10H,3-7H2,1-2H3,(H,17,18)(H,19,20)(H2,14,15,21). The van der Waals surface area contributed by atoms with E-state index in [1.165, 1.54) is 0 Å². The van der Waals surface area contributed by atoms with Crippen molar-refractivity contribution in [1.82, 2.24) is 15.5 Å². The lowest BCUT2D eigenvalue weighted by Gasteiger charge is -2.35. The normalized spacial score (nSPS) is 24.1. The summed E-state index contributed by atoms with van der Waals surface area (Å²) in [5, 5.41) is 22.6. The van der Waals surface area contributed by atoms with Crippen molar-refractivity contribution in [3.8, 4) is 0 Å². The number of nitrogens with one attached hydrogen (secondary N) is 2. The molecule has 2 amide bonds. The number of hydrogen-bond acceptors (Lipinski definition) is 4. The molecule has 8 heteroatoms. The number of urea groups is 1. The van der Waals surface area contributed by atoms with Crippen LogP contribution in [0.15, 0.2) is 0 Å². The molecule has 0 aromatic carbocycles. The first kappa shape index (κ1) is 17.2. The van der Waals surface area contributed by atoms with E-state index in [9.17, 15) is 14.4 Å². The largest absolute Gasteiger partial charge is 0.481 e. The smallest absolute Gasteiger partial charge is 0.326 e. The Hall–Kier alpha value is -1.83. The molecule has 1 aliphatic rings. The summed E-state index contributed by atoms with van der Waals surface area (Å²) in [5.74, 6) is -2.32. The molecule has 3 unspecified atom stereocenters. The van der Waals surface area contributed by atoms with Crippen molar-refractivity contribution in [1.29, 1.82) is 0 Å². The van der Waals surface area contributed by atoms with E-state index in [2.05, 4.69) is 22.5 Å². The predicted octanol–water partition coefficient (Wildman–Crippen LogP) is 0.0863. The number of rotatable bonds is 6. The van der Waals surface area contributed by atoms with Crippen LogP contribution in [0.2, 0.25) is 0 Å². The topological polar surface area (TPSA) is 119 Å². The average Bonchev–Trinajstić information content (AvgIpc) is 2.38. The van der Waals surface area contributed by atoms with E-state index in [0.717, 1.165) is 19.4 Å². The van der Waals surface area contributed by atoms with Gasteiger partial charge in [-0.05, 0) is 33.2 Å². The molecule has 1 aliphatic heterocycles. The van der Waals surface area contributed by atoms with E-state index in [1.807, 2.05) is 7.05 Å². The summed E-state index contributed by atoms with van der Waals surface area (Å²) >= 11 is 0. The first-order chi connectivity index (χ1) is 9.79. The molecule has 0 bridgehead atoms. The molecule has 0 radical (unpaired) electrons. The maximum absolute atomic E-state index is 11.8. The van der Waals surface area contributed by atoms with Gasteiger partial charge in [0.05, 0.1) is 0 Å². The number of carboxylic acids is 2. The van der Waals surface area contributed by atoms with Crippen LogP contribution in [0.5, 0.6) is 0 Å². The van der Waals surface area contributed by atoms with Gasteiger partial charge in [-0.1, -0.05) is 0 Å². The van der Waals surface area contributed by atoms with Gasteiger partial charge in [0.25, 0.3) is 0 Å². The summed E-state index contributed by atoms with van der Waals surface area (Å²) in [4.78, 5) is 35.5. The lowest BCUT2D eigenvalue weighted by atomic mass is 9.99. The van der Waals surface area contributed by atoms with Gasteiger partial charge < -0.3 is 25.7 Å². The van der Waals surface area contributed by atoms with E-state index in [0.29, 0.717) is 6.04 Å². The lowest BCUT2D eigenvalue weighted by molar-refractivity contribution is -0.140. The van der Waals surface area contributed by atoms with Gasteiger partial charge in [0.2, 0.25) is 0 Å². The van der Waals surface area contributed by atoms with E-state index in [1.54, 1.807) is 0 Å². The fourth-order valence-corrected chi connectivity index (χ4v) is 2.33. The van der Waals surface area contributed by atoms with Crippen molar-refractivity contribution in [2.45, 2.75) is 50.7 Å². The zero-order valence-electron chi connectivity index (χ0n) is 12.3. The first-order valence-electron chi connectivity index (χ1n) is 7.01. The number of aliphatic carboxylic acids is 2. The molecule has 4 N–H and O–H groups in total. The molecule has 0 aliphatic carbocycles. The number of carboxylic acid groups (broad SMARTS) is 2. The molecule has 0 aromatic rings. The van der Waals surface area contributed by atoms with E-state index in [-0.39, 0.29) is 18.9 Å². The highest BCUT2D eigenvalue weighted by molar-refractivity contribution is 5.83. The van der Waals surface area contributed by atoms with Crippen LogP contribution in [0, 0.1) is 0 Å². The van der Waals surface area contributed by atoms with Crippen LogP contribution in [0.1, 0.15) is 32.6 Å². The van der Waals surface area contributed by atoms with Crippen LogP contribution >= 0.6 is 0 Å². The minimum Gasteiger partial charge on any atom is -0.481 e.